The van der Waals surface area contributed by atoms with Gasteiger partial charge in [0.1, 0.15) is 0 Å². The van der Waals surface area contributed by atoms with Crippen LogP contribution in [0, 0.1) is 11.8 Å². The van der Waals surface area contributed by atoms with E-state index in [1.165, 1.54) is 19.3 Å². The minimum Gasteiger partial charge on any atom is -0.465 e. The second-order valence-electron chi connectivity index (χ2n) is 6.97. The van der Waals surface area contributed by atoms with E-state index in [4.69, 9.17) is 4.74 Å². The van der Waals surface area contributed by atoms with Crippen molar-refractivity contribution in [3.05, 3.63) is 29.3 Å². The molecule has 0 amide bonds. The number of hydrogen-bond acceptors (Lipinski definition) is 4. The van der Waals surface area contributed by atoms with Crippen LogP contribution in [0.15, 0.2) is 23.1 Å². The summed E-state index contributed by atoms with van der Waals surface area (Å²) in [6, 6.07) is 5.89. The minimum absolute atomic E-state index is 0.185. The van der Waals surface area contributed by atoms with Crippen LogP contribution in [0.1, 0.15) is 67.8 Å². The third kappa shape index (κ3) is 3.53. The van der Waals surface area contributed by atoms with Gasteiger partial charge < -0.3 is 4.74 Å². The number of rotatable bonds is 4. The van der Waals surface area contributed by atoms with Gasteiger partial charge in [0, 0.05) is 22.1 Å². The van der Waals surface area contributed by atoms with Crippen LogP contribution < -0.4 is 0 Å². The van der Waals surface area contributed by atoms with Gasteiger partial charge in [-0.1, -0.05) is 25.8 Å². The number of thioether (sulfide) groups is 1. The Labute approximate surface area is 148 Å². The third-order valence-corrected chi connectivity index (χ3v) is 6.52. The molecule has 1 aliphatic heterocycles. The van der Waals surface area contributed by atoms with Crippen LogP contribution in [0.4, 0.5) is 0 Å². The van der Waals surface area contributed by atoms with Crippen LogP contribution in [-0.4, -0.2) is 24.1 Å². The van der Waals surface area contributed by atoms with Crippen molar-refractivity contribution >= 4 is 23.5 Å². The molecular formula is C20H26O3S. The molecule has 3 atom stereocenters. The number of ether oxygens (including phenoxy) is 1. The Morgan fingerprint density at radius 2 is 2.12 bits per heavy atom. The van der Waals surface area contributed by atoms with Crippen LogP contribution in [-0.2, 0) is 9.53 Å². The predicted octanol–water partition coefficient (Wildman–Crippen LogP) is 4.84. The predicted molar refractivity (Wildman–Crippen MR) is 96.6 cm³/mol. The van der Waals surface area contributed by atoms with E-state index in [1.54, 1.807) is 11.8 Å². The molecule has 3 rings (SSSR count). The van der Waals surface area contributed by atoms with Crippen molar-refractivity contribution in [2.75, 3.05) is 12.4 Å². The second kappa shape index (κ2) is 7.73. The summed E-state index contributed by atoms with van der Waals surface area (Å²) in [5.41, 5.74) is 1.80. The number of Topliss-reactive ketones (excluding diaryl/α,β-unsaturated/α-hetero) is 1. The van der Waals surface area contributed by atoms with E-state index in [9.17, 15) is 9.59 Å². The van der Waals surface area contributed by atoms with Crippen molar-refractivity contribution in [1.82, 2.24) is 0 Å². The number of benzene rings is 1. The number of ketones is 1. The summed E-state index contributed by atoms with van der Waals surface area (Å²) in [5.74, 6) is 1.57. The van der Waals surface area contributed by atoms with Gasteiger partial charge in [-0.2, -0.15) is 0 Å². The molecule has 0 aromatic heterocycles. The van der Waals surface area contributed by atoms with Crippen molar-refractivity contribution in [3.8, 4) is 0 Å². The lowest BCUT2D eigenvalue weighted by Gasteiger charge is -2.28. The fraction of sp³-hybridized carbons (Fsp3) is 0.600. The van der Waals surface area contributed by atoms with Gasteiger partial charge in [-0.25, -0.2) is 0 Å². The summed E-state index contributed by atoms with van der Waals surface area (Å²) < 4.78 is 5.26. The topological polar surface area (TPSA) is 43.4 Å². The van der Waals surface area contributed by atoms with Crippen molar-refractivity contribution < 1.29 is 14.3 Å². The van der Waals surface area contributed by atoms with Gasteiger partial charge >= 0.3 is 5.97 Å². The fourth-order valence-electron chi connectivity index (χ4n) is 3.74. The average molecular weight is 346 g/mol. The van der Waals surface area contributed by atoms with Gasteiger partial charge in [0.05, 0.1) is 12.5 Å². The Morgan fingerprint density at radius 3 is 2.92 bits per heavy atom. The Balaban J connectivity index is 1.82. The molecular weight excluding hydrogens is 320 g/mol. The number of fused-ring (bicyclic) bond motifs is 2. The zero-order valence-electron chi connectivity index (χ0n) is 14.5. The highest BCUT2D eigenvalue weighted by molar-refractivity contribution is 7.99. The Hall–Kier alpha value is -1.29. The maximum absolute atomic E-state index is 12.9. The zero-order valence-corrected chi connectivity index (χ0v) is 15.4. The van der Waals surface area contributed by atoms with E-state index in [2.05, 4.69) is 0 Å². The molecule has 2 aliphatic rings. The molecule has 0 saturated heterocycles. The van der Waals surface area contributed by atoms with Gasteiger partial charge in [0.2, 0.25) is 0 Å². The van der Waals surface area contributed by atoms with Gasteiger partial charge in [0.15, 0.2) is 5.78 Å². The summed E-state index contributed by atoms with van der Waals surface area (Å²) in [7, 11) is 0. The first kappa shape index (κ1) is 17.5. The zero-order chi connectivity index (χ0) is 17.1. The summed E-state index contributed by atoms with van der Waals surface area (Å²) >= 11 is 1.79. The summed E-state index contributed by atoms with van der Waals surface area (Å²) in [6.45, 7) is 4.33. The number of hydrogen-bond donors (Lipinski definition) is 0. The van der Waals surface area contributed by atoms with E-state index >= 15 is 0 Å². The molecule has 24 heavy (non-hydrogen) atoms. The highest BCUT2D eigenvalue weighted by atomic mass is 32.2. The molecule has 1 heterocycles. The Kier molecular flexibility index (Phi) is 5.65. The molecule has 1 aromatic rings. The van der Waals surface area contributed by atoms with Gasteiger partial charge in [-0.15, -0.1) is 11.8 Å². The Morgan fingerprint density at radius 1 is 1.33 bits per heavy atom. The van der Waals surface area contributed by atoms with Crippen LogP contribution in [0.3, 0.4) is 0 Å². The molecule has 4 heteroatoms. The first-order valence-corrected chi connectivity index (χ1v) is 10.1. The van der Waals surface area contributed by atoms with Crippen LogP contribution in [0.25, 0.3) is 0 Å². The minimum atomic E-state index is -0.289. The lowest BCUT2D eigenvalue weighted by molar-refractivity contribution is -0.145. The van der Waals surface area contributed by atoms with Crippen molar-refractivity contribution in [2.45, 2.75) is 56.8 Å². The average Bonchev–Trinajstić information content (AvgIpc) is 2.76. The molecule has 1 aliphatic carbocycles. The van der Waals surface area contributed by atoms with E-state index in [0.29, 0.717) is 18.3 Å². The first-order chi connectivity index (χ1) is 11.6. The van der Waals surface area contributed by atoms with Gasteiger partial charge in [-0.3, -0.25) is 9.59 Å². The molecule has 1 aromatic carbocycles. The smallest absolute Gasteiger partial charge is 0.313 e. The highest BCUT2D eigenvalue weighted by Crippen LogP contribution is 2.42. The van der Waals surface area contributed by atoms with E-state index in [-0.39, 0.29) is 17.8 Å². The molecule has 1 saturated carbocycles. The van der Waals surface area contributed by atoms with E-state index in [1.807, 2.05) is 32.0 Å². The molecule has 0 spiro atoms. The standard InChI is InChI=1S/C20H26O3S/c1-3-10-23-20(22)13(2)14-8-9-17-18(11-14)24-12-15-6-4-5-7-16(15)19(17)21/h8-9,11,13,15-16H,3-7,10,12H2,1-2H3/t13?,15-,16+/m0/s1. The highest BCUT2D eigenvalue weighted by Gasteiger charge is 2.35. The first-order valence-electron chi connectivity index (χ1n) is 9.09. The monoisotopic (exact) mass is 346 g/mol. The molecule has 3 nitrogen and oxygen atoms in total. The summed E-state index contributed by atoms with van der Waals surface area (Å²) in [6.07, 6.45) is 5.45. The molecule has 0 N–H and O–H groups in total. The van der Waals surface area contributed by atoms with E-state index in [0.717, 1.165) is 34.6 Å². The largest absolute Gasteiger partial charge is 0.465 e. The number of carbonyl (C=O) groups is 2. The fourth-order valence-corrected chi connectivity index (χ4v) is 5.08. The number of carbonyl (C=O) groups excluding carboxylic acids is 2. The second-order valence-corrected chi connectivity index (χ2v) is 8.03. The Bertz CT molecular complexity index is 625. The van der Waals surface area contributed by atoms with Gasteiger partial charge in [0.25, 0.3) is 0 Å². The lowest BCUT2D eigenvalue weighted by Crippen LogP contribution is -2.27. The van der Waals surface area contributed by atoms with Crippen LogP contribution in [0.2, 0.25) is 0 Å². The maximum Gasteiger partial charge on any atom is 0.313 e. The molecule has 0 bridgehead atoms. The third-order valence-electron chi connectivity index (χ3n) is 5.27. The number of esters is 1. The van der Waals surface area contributed by atoms with E-state index < -0.39 is 0 Å². The lowest BCUT2D eigenvalue weighted by atomic mass is 9.76. The summed E-state index contributed by atoms with van der Waals surface area (Å²) in [5, 5.41) is 0. The van der Waals surface area contributed by atoms with Crippen molar-refractivity contribution in [1.29, 1.82) is 0 Å². The molecule has 1 unspecified atom stereocenters. The SMILES string of the molecule is CCCOC(=O)C(C)c1ccc2c(c1)SC[C@@H]1CCCC[C@H]1C2=O. The maximum atomic E-state index is 12.9. The molecule has 0 radical (unpaired) electrons. The van der Waals surface area contributed by atoms with Crippen LogP contribution in [0.5, 0.6) is 0 Å². The van der Waals surface area contributed by atoms with Gasteiger partial charge in [-0.05, 0) is 49.8 Å². The van der Waals surface area contributed by atoms with Crippen molar-refractivity contribution in [3.63, 3.8) is 0 Å². The van der Waals surface area contributed by atoms with Crippen LogP contribution >= 0.6 is 11.8 Å². The summed E-state index contributed by atoms with van der Waals surface area (Å²) in [4.78, 5) is 26.1. The van der Waals surface area contributed by atoms with Crippen molar-refractivity contribution in [2.24, 2.45) is 11.8 Å². The normalized spacial score (nSPS) is 24.5. The molecule has 1 fully saturated rings. The molecule has 130 valence electrons. The quantitative estimate of drug-likeness (QED) is 0.732.